The minimum Gasteiger partial charge on any atom is -0.351 e. The molecule has 0 radical (unpaired) electrons. The zero-order valence-corrected chi connectivity index (χ0v) is 17.6. The third kappa shape index (κ3) is 6.25. The molecule has 0 aliphatic rings. The molecule has 8 nitrogen and oxygen atoms in total. The maximum Gasteiger partial charge on any atom is 0.316 e. The van der Waals surface area contributed by atoms with Crippen molar-refractivity contribution in [2.24, 2.45) is 5.73 Å². The van der Waals surface area contributed by atoms with Gasteiger partial charge in [0.25, 0.3) is 0 Å². The Morgan fingerprint density at radius 2 is 1.81 bits per heavy atom. The van der Waals surface area contributed by atoms with Crippen molar-refractivity contribution in [3.8, 4) is 0 Å². The highest BCUT2D eigenvalue weighted by atomic mass is 32.1. The highest BCUT2D eigenvalue weighted by Crippen LogP contribution is 2.28. The lowest BCUT2D eigenvalue weighted by atomic mass is 10.2. The van der Waals surface area contributed by atoms with Crippen molar-refractivity contribution >= 4 is 51.8 Å². The van der Waals surface area contributed by atoms with Gasteiger partial charge in [0.05, 0.1) is 11.4 Å². The first-order valence-electron chi connectivity index (χ1n) is 9.35. The number of nitrogens with one attached hydrogen (secondary N) is 2. The van der Waals surface area contributed by atoms with Gasteiger partial charge in [0.1, 0.15) is 0 Å². The van der Waals surface area contributed by atoms with Crippen LogP contribution in [-0.2, 0) is 16.1 Å². The normalized spacial score (nSPS) is 10.6. The van der Waals surface area contributed by atoms with Gasteiger partial charge in [-0.15, -0.1) is 11.3 Å². The third-order valence-corrected chi connectivity index (χ3v) is 4.97. The van der Waals surface area contributed by atoms with E-state index < -0.39 is 6.03 Å². The first kappa shape index (κ1) is 21.7. The molecular formula is C22H21N5O3S. The number of aromatic nitrogens is 1. The molecule has 0 bridgehead atoms. The average Bonchev–Trinajstić information content (AvgIpc) is 3.20. The largest absolute Gasteiger partial charge is 0.351 e. The van der Waals surface area contributed by atoms with E-state index in [1.165, 1.54) is 29.2 Å². The fraction of sp³-hybridized carbons (Fsp3) is 0.0909. The molecule has 3 rings (SSSR count). The maximum atomic E-state index is 12.1. The number of para-hydroxylation sites is 1. The Bertz CT molecular complexity index is 1090. The van der Waals surface area contributed by atoms with E-state index in [0.29, 0.717) is 23.1 Å². The summed E-state index contributed by atoms with van der Waals surface area (Å²) < 4.78 is 0. The number of amides is 4. The first-order valence-corrected chi connectivity index (χ1v) is 10.2. The number of rotatable bonds is 7. The first-order chi connectivity index (χ1) is 14.9. The molecule has 4 amide bonds. The van der Waals surface area contributed by atoms with Gasteiger partial charge in [-0.2, -0.15) is 0 Å². The molecule has 31 heavy (non-hydrogen) atoms. The van der Waals surface area contributed by atoms with Gasteiger partial charge in [-0.1, -0.05) is 30.3 Å². The van der Waals surface area contributed by atoms with Crippen LogP contribution in [0.1, 0.15) is 18.2 Å². The van der Waals surface area contributed by atoms with Crippen molar-refractivity contribution in [1.29, 1.82) is 0 Å². The van der Waals surface area contributed by atoms with Crippen LogP contribution in [-0.4, -0.2) is 22.8 Å². The van der Waals surface area contributed by atoms with Crippen molar-refractivity contribution in [3.63, 3.8) is 0 Å². The highest BCUT2D eigenvalue weighted by Gasteiger charge is 2.17. The van der Waals surface area contributed by atoms with E-state index >= 15 is 0 Å². The zero-order valence-electron chi connectivity index (χ0n) is 16.7. The predicted octanol–water partition coefficient (Wildman–Crippen LogP) is 3.65. The van der Waals surface area contributed by atoms with E-state index in [9.17, 15) is 14.4 Å². The molecule has 0 spiro atoms. The van der Waals surface area contributed by atoms with Crippen molar-refractivity contribution in [2.45, 2.75) is 13.5 Å². The molecular weight excluding hydrogens is 414 g/mol. The van der Waals surface area contributed by atoms with E-state index in [1.807, 2.05) is 30.3 Å². The Labute approximate surface area is 183 Å². The van der Waals surface area contributed by atoms with Gasteiger partial charge in [0.2, 0.25) is 11.8 Å². The number of thiazole rings is 1. The van der Waals surface area contributed by atoms with Gasteiger partial charge in [-0.3, -0.25) is 14.5 Å². The number of primary amides is 1. The van der Waals surface area contributed by atoms with Crippen molar-refractivity contribution in [1.82, 2.24) is 10.3 Å². The van der Waals surface area contributed by atoms with Gasteiger partial charge in [-0.05, 0) is 35.9 Å². The lowest BCUT2D eigenvalue weighted by Gasteiger charge is -2.17. The summed E-state index contributed by atoms with van der Waals surface area (Å²) in [5, 5.41) is 7.56. The SMILES string of the molecule is CC(=O)N(c1ccccc1)c1nc(/C=C/C(=O)NCc2ccc(NC(N)=O)cc2)cs1. The zero-order chi connectivity index (χ0) is 22.2. The quantitative estimate of drug-likeness (QED) is 0.491. The number of hydrogen-bond acceptors (Lipinski definition) is 5. The van der Waals surface area contributed by atoms with Crippen LogP contribution < -0.4 is 21.3 Å². The Morgan fingerprint density at radius 3 is 2.45 bits per heavy atom. The van der Waals surface area contributed by atoms with Crippen molar-refractivity contribution in [3.05, 3.63) is 77.3 Å². The minimum absolute atomic E-state index is 0.147. The van der Waals surface area contributed by atoms with Crippen LogP contribution in [0.2, 0.25) is 0 Å². The Morgan fingerprint density at radius 1 is 1.10 bits per heavy atom. The standard InChI is InChI=1S/C22H21N5O3S/c1-15(28)27(19-5-3-2-4-6-19)22-26-18(14-31-22)11-12-20(29)24-13-16-7-9-17(10-8-16)25-21(23)30/h2-12,14H,13H2,1H3,(H,24,29)(H3,23,25,30)/b12-11+. The monoisotopic (exact) mass is 435 g/mol. The number of benzene rings is 2. The highest BCUT2D eigenvalue weighted by molar-refractivity contribution is 7.14. The summed E-state index contributed by atoms with van der Waals surface area (Å²) in [5.74, 6) is -0.425. The number of nitrogens with zero attached hydrogens (tertiary/aromatic N) is 2. The minimum atomic E-state index is -0.633. The van der Waals surface area contributed by atoms with Crippen molar-refractivity contribution in [2.75, 3.05) is 10.2 Å². The Kier molecular flexibility index (Phi) is 7.13. The van der Waals surface area contributed by atoms with Gasteiger partial charge in [-0.25, -0.2) is 9.78 Å². The summed E-state index contributed by atoms with van der Waals surface area (Å²) in [4.78, 5) is 41.0. The van der Waals surface area contributed by atoms with Crippen LogP contribution >= 0.6 is 11.3 Å². The average molecular weight is 436 g/mol. The van der Waals surface area contributed by atoms with E-state index in [1.54, 1.807) is 35.7 Å². The molecule has 0 aliphatic carbocycles. The van der Waals surface area contributed by atoms with Crippen molar-refractivity contribution < 1.29 is 14.4 Å². The molecule has 1 heterocycles. The van der Waals surface area contributed by atoms with Gasteiger partial charge < -0.3 is 16.4 Å². The smallest absolute Gasteiger partial charge is 0.316 e. The molecule has 0 saturated heterocycles. The summed E-state index contributed by atoms with van der Waals surface area (Å²) in [5.41, 5.74) is 7.83. The second-order valence-electron chi connectivity index (χ2n) is 6.48. The lowest BCUT2D eigenvalue weighted by Crippen LogP contribution is -2.22. The summed E-state index contributed by atoms with van der Waals surface area (Å²) >= 11 is 1.32. The van der Waals surface area contributed by atoms with Crippen LogP contribution in [0.3, 0.4) is 0 Å². The number of urea groups is 1. The number of anilines is 3. The molecule has 0 fully saturated rings. The summed E-state index contributed by atoms with van der Waals surface area (Å²) in [6.07, 6.45) is 2.99. The fourth-order valence-corrected chi connectivity index (χ4v) is 3.57. The molecule has 0 saturated carbocycles. The topological polar surface area (TPSA) is 117 Å². The molecule has 1 aromatic heterocycles. The van der Waals surface area contributed by atoms with Crippen LogP contribution in [0.5, 0.6) is 0 Å². The van der Waals surface area contributed by atoms with Gasteiger partial charge >= 0.3 is 6.03 Å². The molecule has 0 unspecified atom stereocenters. The van der Waals surface area contributed by atoms with E-state index in [-0.39, 0.29) is 11.8 Å². The molecule has 158 valence electrons. The summed E-state index contributed by atoms with van der Waals surface area (Å²) in [6, 6.07) is 15.6. The van der Waals surface area contributed by atoms with Crippen LogP contribution in [0.15, 0.2) is 66.1 Å². The van der Waals surface area contributed by atoms with Crippen LogP contribution in [0.25, 0.3) is 6.08 Å². The van der Waals surface area contributed by atoms with Crippen LogP contribution in [0, 0.1) is 0 Å². The second kappa shape index (κ2) is 10.2. The molecule has 3 aromatic rings. The third-order valence-electron chi connectivity index (χ3n) is 4.12. The Hall–Kier alpha value is -3.98. The van der Waals surface area contributed by atoms with E-state index in [0.717, 1.165) is 11.3 Å². The summed E-state index contributed by atoms with van der Waals surface area (Å²) in [6.45, 7) is 1.81. The fourth-order valence-electron chi connectivity index (χ4n) is 2.72. The molecule has 4 N–H and O–H groups in total. The number of nitrogens with two attached hydrogens (primary N) is 1. The predicted molar refractivity (Wildman–Crippen MR) is 122 cm³/mol. The second-order valence-corrected chi connectivity index (χ2v) is 7.32. The van der Waals surface area contributed by atoms with E-state index in [4.69, 9.17) is 5.73 Å². The van der Waals surface area contributed by atoms with Gasteiger partial charge in [0.15, 0.2) is 5.13 Å². The number of carbonyl (C=O) groups is 3. The maximum absolute atomic E-state index is 12.1. The molecule has 9 heteroatoms. The molecule has 0 aliphatic heterocycles. The van der Waals surface area contributed by atoms with Gasteiger partial charge in [0, 0.05) is 30.6 Å². The number of hydrogen-bond donors (Lipinski definition) is 3. The van der Waals surface area contributed by atoms with E-state index in [2.05, 4.69) is 15.6 Å². The summed E-state index contributed by atoms with van der Waals surface area (Å²) in [7, 11) is 0. The lowest BCUT2D eigenvalue weighted by molar-refractivity contribution is -0.117. The molecule has 2 aromatic carbocycles. The number of carbonyl (C=O) groups excluding carboxylic acids is 3. The molecule has 0 atom stereocenters. The Balaban J connectivity index is 1.58. The van der Waals surface area contributed by atoms with Crippen LogP contribution in [0.4, 0.5) is 21.3 Å².